The number of amides is 1. The molecule has 2 heterocycles. The van der Waals surface area contributed by atoms with Crippen LogP contribution in [-0.2, 0) is 24.1 Å². The van der Waals surface area contributed by atoms with Gasteiger partial charge in [-0.2, -0.15) is 18.4 Å². The van der Waals surface area contributed by atoms with Gasteiger partial charge in [-0.1, -0.05) is 36.4 Å². The molecule has 186 valence electrons. The molecule has 1 aliphatic rings. The molecule has 1 fully saturated rings. The lowest BCUT2D eigenvalue weighted by molar-refractivity contribution is -0.137. The second-order valence-electron chi connectivity index (χ2n) is 8.97. The zero-order chi connectivity index (χ0) is 26.3. The van der Waals surface area contributed by atoms with Crippen molar-refractivity contribution in [1.29, 1.82) is 5.26 Å². The molecule has 1 aliphatic heterocycles. The molecule has 2 aromatic carbocycles. The molecule has 0 aliphatic carbocycles. The maximum absolute atomic E-state index is 13.5. The van der Waals surface area contributed by atoms with E-state index in [0.717, 1.165) is 46.8 Å². The molecular formula is C25H23F3N6OS. The highest BCUT2D eigenvalue weighted by Gasteiger charge is 2.49. The van der Waals surface area contributed by atoms with Gasteiger partial charge in [0.15, 0.2) is 5.11 Å². The molecule has 3 aromatic rings. The minimum Gasteiger partial charge on any atom is -0.330 e. The van der Waals surface area contributed by atoms with E-state index in [0.29, 0.717) is 0 Å². The van der Waals surface area contributed by atoms with Crippen LogP contribution in [0.2, 0.25) is 0 Å². The number of carbonyl (C=O) groups is 1. The maximum atomic E-state index is 13.5. The maximum Gasteiger partial charge on any atom is 0.417 e. The van der Waals surface area contributed by atoms with Crippen molar-refractivity contribution in [2.45, 2.75) is 52.0 Å². The standard InChI is InChI=1S/C25H23F3N6OS/c1-4-11-32-15-21(30-31-32)17-7-5-16(6-8-17)14-33-23(36)34(22(35)24(33,2)3)19-10-9-18(13-29)20(12-19)25(26,27)28/h5-10,12,15H,4,11,14H2,1-3H3. The lowest BCUT2D eigenvalue weighted by atomic mass is 10.0. The van der Waals surface area contributed by atoms with E-state index in [4.69, 9.17) is 17.5 Å². The molecule has 0 unspecified atom stereocenters. The molecule has 36 heavy (non-hydrogen) atoms. The molecule has 0 spiro atoms. The van der Waals surface area contributed by atoms with Crippen molar-refractivity contribution in [3.63, 3.8) is 0 Å². The number of aryl methyl sites for hydroxylation is 1. The molecule has 11 heteroatoms. The number of nitrogens with zero attached hydrogens (tertiary/aromatic N) is 6. The fraction of sp³-hybridized carbons (Fsp3) is 0.320. The van der Waals surface area contributed by atoms with Gasteiger partial charge in [-0.25, -0.2) is 0 Å². The Morgan fingerprint density at radius 1 is 1.14 bits per heavy atom. The fourth-order valence-electron chi connectivity index (χ4n) is 4.06. The molecule has 0 atom stereocenters. The summed E-state index contributed by atoms with van der Waals surface area (Å²) >= 11 is 5.56. The molecule has 0 radical (unpaired) electrons. The van der Waals surface area contributed by atoms with Gasteiger partial charge in [0.25, 0.3) is 5.91 Å². The van der Waals surface area contributed by atoms with Crippen molar-refractivity contribution in [3.05, 3.63) is 65.4 Å². The van der Waals surface area contributed by atoms with Crippen molar-refractivity contribution in [2.75, 3.05) is 4.90 Å². The number of rotatable bonds is 6. The van der Waals surface area contributed by atoms with E-state index >= 15 is 0 Å². The third-order valence-corrected chi connectivity index (χ3v) is 6.50. The first-order valence-electron chi connectivity index (χ1n) is 11.2. The summed E-state index contributed by atoms with van der Waals surface area (Å²) in [6, 6.07) is 12.3. The zero-order valence-corrected chi connectivity index (χ0v) is 20.7. The lowest BCUT2D eigenvalue weighted by Gasteiger charge is -2.29. The van der Waals surface area contributed by atoms with Crippen LogP contribution in [0.1, 0.15) is 43.9 Å². The Kier molecular flexibility index (Phi) is 6.58. The molecule has 0 bridgehead atoms. The monoisotopic (exact) mass is 512 g/mol. The van der Waals surface area contributed by atoms with E-state index in [1.165, 1.54) is 6.07 Å². The Labute approximate surface area is 211 Å². The SMILES string of the molecule is CCCn1cc(-c2ccc(CN3C(=S)N(c4ccc(C#N)c(C(F)(F)F)c4)C(=O)C3(C)C)cc2)nn1. The highest BCUT2D eigenvalue weighted by molar-refractivity contribution is 7.80. The molecule has 0 N–H and O–H groups in total. The molecule has 1 aromatic heterocycles. The summed E-state index contributed by atoms with van der Waals surface area (Å²) in [6.45, 7) is 6.47. The third kappa shape index (κ3) is 4.56. The Morgan fingerprint density at radius 3 is 2.44 bits per heavy atom. The highest BCUT2D eigenvalue weighted by Crippen LogP contribution is 2.38. The molecule has 1 amide bonds. The van der Waals surface area contributed by atoms with Gasteiger partial charge >= 0.3 is 6.18 Å². The third-order valence-electron chi connectivity index (χ3n) is 6.09. The quantitative estimate of drug-likeness (QED) is 0.425. The summed E-state index contributed by atoms with van der Waals surface area (Å²) in [7, 11) is 0. The summed E-state index contributed by atoms with van der Waals surface area (Å²) in [5.74, 6) is -0.450. The zero-order valence-electron chi connectivity index (χ0n) is 19.9. The van der Waals surface area contributed by atoms with E-state index in [2.05, 4.69) is 17.2 Å². The Bertz CT molecular complexity index is 1360. The number of carbonyl (C=O) groups excluding carboxylic acids is 1. The number of nitriles is 1. The van der Waals surface area contributed by atoms with Gasteiger partial charge in [0.1, 0.15) is 11.2 Å². The number of thiocarbonyl (C=S) groups is 1. The van der Waals surface area contributed by atoms with Crippen molar-refractivity contribution in [2.24, 2.45) is 0 Å². The topological polar surface area (TPSA) is 78.0 Å². The fourth-order valence-corrected chi connectivity index (χ4v) is 4.55. The Hall–Kier alpha value is -3.78. The van der Waals surface area contributed by atoms with Gasteiger partial charge in [0.05, 0.1) is 29.1 Å². The number of aromatic nitrogens is 3. The second-order valence-corrected chi connectivity index (χ2v) is 9.34. The van der Waals surface area contributed by atoms with E-state index in [1.54, 1.807) is 29.5 Å². The van der Waals surface area contributed by atoms with Crippen LogP contribution in [-0.4, -0.2) is 36.5 Å². The van der Waals surface area contributed by atoms with Gasteiger partial charge in [0.2, 0.25) is 0 Å². The Morgan fingerprint density at radius 2 is 1.83 bits per heavy atom. The van der Waals surface area contributed by atoms with Gasteiger partial charge in [-0.05, 0) is 56.2 Å². The molecule has 4 rings (SSSR count). The van der Waals surface area contributed by atoms with E-state index < -0.39 is 28.7 Å². The van der Waals surface area contributed by atoms with Crippen molar-refractivity contribution in [1.82, 2.24) is 19.9 Å². The molecule has 0 saturated carbocycles. The minimum atomic E-state index is -4.75. The van der Waals surface area contributed by atoms with Crippen LogP contribution < -0.4 is 4.90 Å². The number of halogens is 3. The predicted octanol–water partition coefficient (Wildman–Crippen LogP) is 5.16. The van der Waals surface area contributed by atoms with Crippen LogP contribution in [0.15, 0.2) is 48.7 Å². The summed E-state index contributed by atoms with van der Waals surface area (Å²) in [4.78, 5) is 16.1. The predicted molar refractivity (Wildman–Crippen MR) is 132 cm³/mol. The number of alkyl halides is 3. The van der Waals surface area contributed by atoms with Crippen LogP contribution >= 0.6 is 12.2 Å². The minimum absolute atomic E-state index is 0.0302. The molecule has 7 nitrogen and oxygen atoms in total. The summed E-state index contributed by atoms with van der Waals surface area (Å²) in [5, 5.41) is 17.5. The summed E-state index contributed by atoms with van der Waals surface area (Å²) in [5.41, 5.74) is -0.257. The highest BCUT2D eigenvalue weighted by atomic mass is 32.1. The number of anilines is 1. The Balaban J connectivity index is 1.60. The first-order valence-corrected chi connectivity index (χ1v) is 11.6. The number of hydrogen-bond acceptors (Lipinski definition) is 5. The molecular weight excluding hydrogens is 489 g/mol. The molecule has 1 saturated heterocycles. The van der Waals surface area contributed by atoms with Crippen LogP contribution in [0.25, 0.3) is 11.3 Å². The summed E-state index contributed by atoms with van der Waals surface area (Å²) in [6.07, 6.45) is -1.92. The van der Waals surface area contributed by atoms with Crippen molar-refractivity contribution >= 4 is 28.9 Å². The van der Waals surface area contributed by atoms with E-state index in [9.17, 15) is 18.0 Å². The van der Waals surface area contributed by atoms with Gasteiger partial charge in [-0.3, -0.25) is 14.4 Å². The normalized spacial score (nSPS) is 15.5. The lowest BCUT2D eigenvalue weighted by Crippen LogP contribution is -2.43. The van der Waals surface area contributed by atoms with Crippen LogP contribution in [0, 0.1) is 11.3 Å². The average Bonchev–Trinajstić information content (AvgIpc) is 3.36. The first kappa shape index (κ1) is 25.3. The van der Waals surface area contributed by atoms with Crippen molar-refractivity contribution in [3.8, 4) is 17.3 Å². The van der Waals surface area contributed by atoms with Gasteiger partial charge in [0, 0.05) is 18.7 Å². The van der Waals surface area contributed by atoms with Gasteiger partial charge in [-0.15, -0.1) is 5.10 Å². The summed E-state index contributed by atoms with van der Waals surface area (Å²) < 4.78 is 42.3. The number of hydrogen-bond donors (Lipinski definition) is 0. The van der Waals surface area contributed by atoms with E-state index in [-0.39, 0.29) is 17.3 Å². The number of benzene rings is 2. The van der Waals surface area contributed by atoms with Crippen LogP contribution in [0.5, 0.6) is 0 Å². The smallest absolute Gasteiger partial charge is 0.330 e. The van der Waals surface area contributed by atoms with Crippen LogP contribution in [0.4, 0.5) is 18.9 Å². The largest absolute Gasteiger partial charge is 0.417 e. The van der Waals surface area contributed by atoms with Gasteiger partial charge < -0.3 is 4.90 Å². The first-order chi connectivity index (χ1) is 17.0. The average molecular weight is 513 g/mol. The van der Waals surface area contributed by atoms with Crippen molar-refractivity contribution < 1.29 is 18.0 Å². The van der Waals surface area contributed by atoms with E-state index in [1.807, 2.05) is 30.5 Å². The second kappa shape index (κ2) is 9.35. The van der Waals surface area contributed by atoms with Crippen LogP contribution in [0.3, 0.4) is 0 Å².